The van der Waals surface area contributed by atoms with Gasteiger partial charge in [0.05, 0.1) is 9.60 Å². The molecule has 12 rings (SSSR count). The van der Waals surface area contributed by atoms with Crippen LogP contribution in [0, 0.1) is 0 Å². The quantitative estimate of drug-likeness (QED) is 0.182. The third-order valence-corrected chi connectivity index (χ3v) is 11.6. The average molecular weight is 787 g/mol. The van der Waals surface area contributed by atoms with Gasteiger partial charge in [-0.3, -0.25) is 0 Å². The molecule has 4 nitrogen and oxygen atoms in total. The van der Waals surface area contributed by atoms with Crippen molar-refractivity contribution in [3.05, 3.63) is 229 Å². The van der Waals surface area contributed by atoms with Crippen molar-refractivity contribution in [2.75, 3.05) is 0 Å². The average Bonchev–Trinajstić information content (AvgIpc) is 3.79. The number of hydrogen-bond acceptors (Lipinski definition) is 4. The van der Waals surface area contributed by atoms with E-state index in [0.717, 1.165) is 66.3 Å². The maximum atomic E-state index is 9.00. The maximum Gasteiger partial charge on any atom is 0.159 e. The molecule has 1 atom stereocenters. The first kappa shape index (κ1) is 28.4. The maximum absolute atomic E-state index is 9.00. The highest BCUT2D eigenvalue weighted by Gasteiger charge is 2.22. The lowest BCUT2D eigenvalue weighted by atomic mass is 9.95. The number of benzene rings is 10. The minimum atomic E-state index is -0.454. The molecule has 0 saturated heterocycles. The SMILES string of the molecule is [2H]c1c([2H])c([2H])c2c(oc3c([2H])c([2H])c([2H])c(-c4ccc5cc(-c6cccc(C7=NC(c8ccc9ccccc9c8)NC(c8ccc(-c9ccc%10ccccc%10c9)cc8)=N7)c6)ccc5c4)c32)c1[2H]. The zero-order chi connectivity index (χ0) is 46.4. The van der Waals surface area contributed by atoms with Crippen LogP contribution in [-0.2, 0) is 0 Å². The number of hydrogen-bond donors (Lipinski definition) is 1. The third-order valence-electron chi connectivity index (χ3n) is 11.6. The molecule has 0 fully saturated rings. The molecule has 61 heavy (non-hydrogen) atoms. The second-order valence-electron chi connectivity index (χ2n) is 15.3. The summed E-state index contributed by atoms with van der Waals surface area (Å²) in [5.41, 5.74) is 7.69. The predicted molar refractivity (Wildman–Crippen MR) is 254 cm³/mol. The standard InChI is InChI=1S/C57H37N3O/c1-3-11-40-31-43(25-21-36(40)9-1)38-19-23-39(24-20-38)55-58-56(60-57(59-55)49-30-22-37-10-2-4-12-41(37)34-49)48-14-7-13-42(35-48)44-26-27-46-33-47(29-28-45(46)32-44)50-16-8-18-53-54(50)51-15-5-6-17-52(51)61-53/h1-35,57H,(H,58,59,60)/i5D,6D,8D,15D,16D,17D,18D. The number of para-hydroxylation sites is 1. The van der Waals surface area contributed by atoms with Gasteiger partial charge < -0.3 is 9.73 Å². The number of amidine groups is 2. The molecular formula is C57H37N3O. The van der Waals surface area contributed by atoms with E-state index in [1.165, 1.54) is 10.8 Å². The molecule has 286 valence electrons. The third kappa shape index (κ3) is 6.33. The van der Waals surface area contributed by atoms with Crippen molar-refractivity contribution in [3.8, 4) is 33.4 Å². The van der Waals surface area contributed by atoms with Crippen molar-refractivity contribution in [1.29, 1.82) is 0 Å². The minimum Gasteiger partial charge on any atom is -0.456 e. The summed E-state index contributed by atoms with van der Waals surface area (Å²) in [5, 5.41) is 10.4. The van der Waals surface area contributed by atoms with E-state index in [-0.39, 0.29) is 57.7 Å². The molecule has 0 amide bonds. The Morgan fingerprint density at radius 3 is 1.82 bits per heavy atom. The van der Waals surface area contributed by atoms with Crippen LogP contribution in [-0.4, -0.2) is 11.7 Å². The van der Waals surface area contributed by atoms with E-state index in [1.54, 1.807) is 0 Å². The predicted octanol–water partition coefficient (Wildman–Crippen LogP) is 14.5. The summed E-state index contributed by atoms with van der Waals surface area (Å²) in [6, 6.07) is 55.6. The van der Waals surface area contributed by atoms with Gasteiger partial charge in [0, 0.05) is 21.9 Å². The Kier molecular flexibility index (Phi) is 6.66. The number of nitrogens with zero attached hydrogens (tertiary/aromatic N) is 2. The normalized spacial score (nSPS) is 15.7. The Morgan fingerprint density at radius 2 is 1.02 bits per heavy atom. The van der Waals surface area contributed by atoms with Crippen LogP contribution >= 0.6 is 0 Å². The van der Waals surface area contributed by atoms with Crippen molar-refractivity contribution in [2.45, 2.75) is 6.17 Å². The van der Waals surface area contributed by atoms with Crippen molar-refractivity contribution in [1.82, 2.24) is 5.32 Å². The van der Waals surface area contributed by atoms with E-state index in [4.69, 9.17) is 24.0 Å². The lowest BCUT2D eigenvalue weighted by molar-refractivity contribution is 0.669. The molecule has 2 heterocycles. The van der Waals surface area contributed by atoms with Crippen LogP contribution in [0.5, 0.6) is 0 Å². The second kappa shape index (κ2) is 14.3. The second-order valence-corrected chi connectivity index (χ2v) is 15.3. The number of fused-ring (bicyclic) bond motifs is 6. The molecule has 0 bridgehead atoms. The van der Waals surface area contributed by atoms with E-state index in [1.807, 2.05) is 54.6 Å². The largest absolute Gasteiger partial charge is 0.456 e. The highest BCUT2D eigenvalue weighted by atomic mass is 16.3. The molecular weight excluding hydrogens is 743 g/mol. The first-order valence-corrected chi connectivity index (χ1v) is 20.2. The summed E-state index contributed by atoms with van der Waals surface area (Å²) in [6.45, 7) is 0. The van der Waals surface area contributed by atoms with Crippen LogP contribution in [0.4, 0.5) is 0 Å². The molecule has 4 heteroatoms. The van der Waals surface area contributed by atoms with Crippen LogP contribution in [0.15, 0.2) is 227 Å². The van der Waals surface area contributed by atoms with Gasteiger partial charge in [0.1, 0.15) is 23.2 Å². The Hall–Kier alpha value is -8.08. The van der Waals surface area contributed by atoms with Gasteiger partial charge >= 0.3 is 0 Å². The van der Waals surface area contributed by atoms with Gasteiger partial charge in [-0.1, -0.05) is 170 Å². The summed E-state index contributed by atoms with van der Waals surface area (Å²) in [7, 11) is 0. The summed E-state index contributed by atoms with van der Waals surface area (Å²) in [6.07, 6.45) is -0.402. The van der Waals surface area contributed by atoms with Crippen LogP contribution in [0.2, 0.25) is 0 Å². The molecule has 1 aromatic heterocycles. The molecule has 1 unspecified atom stereocenters. The molecule has 0 saturated carbocycles. The minimum absolute atomic E-state index is 0.0494. The molecule has 0 aliphatic carbocycles. The first-order chi connectivity index (χ1) is 33.1. The fourth-order valence-corrected chi connectivity index (χ4v) is 8.46. The Bertz CT molecular complexity index is 3990. The number of aliphatic imine (C=N–C) groups is 2. The van der Waals surface area contributed by atoms with Crippen LogP contribution in [0.3, 0.4) is 0 Å². The Morgan fingerprint density at radius 1 is 0.443 bits per heavy atom. The monoisotopic (exact) mass is 786 g/mol. The topological polar surface area (TPSA) is 49.9 Å². The fourth-order valence-electron chi connectivity index (χ4n) is 8.46. The highest BCUT2D eigenvalue weighted by Crippen LogP contribution is 2.38. The van der Waals surface area contributed by atoms with E-state index in [2.05, 4.69) is 121 Å². The summed E-state index contributed by atoms with van der Waals surface area (Å²) >= 11 is 0. The molecule has 0 radical (unpaired) electrons. The van der Waals surface area contributed by atoms with Gasteiger partial charge in [-0.25, -0.2) is 9.98 Å². The lowest BCUT2D eigenvalue weighted by Gasteiger charge is -2.24. The van der Waals surface area contributed by atoms with E-state index >= 15 is 0 Å². The molecule has 1 aliphatic rings. The van der Waals surface area contributed by atoms with Crippen LogP contribution in [0.1, 0.15) is 32.5 Å². The Balaban J connectivity index is 0.915. The highest BCUT2D eigenvalue weighted by molar-refractivity contribution is 6.14. The van der Waals surface area contributed by atoms with Gasteiger partial charge in [-0.05, 0) is 114 Å². The van der Waals surface area contributed by atoms with Crippen LogP contribution in [0.25, 0.3) is 87.6 Å². The van der Waals surface area contributed by atoms with E-state index < -0.39 is 18.3 Å². The van der Waals surface area contributed by atoms with Crippen molar-refractivity contribution < 1.29 is 14.0 Å². The fraction of sp³-hybridized carbons (Fsp3) is 0.0175. The van der Waals surface area contributed by atoms with Gasteiger partial charge in [0.15, 0.2) is 5.84 Å². The van der Waals surface area contributed by atoms with Crippen molar-refractivity contribution in [2.24, 2.45) is 9.98 Å². The van der Waals surface area contributed by atoms with Gasteiger partial charge in [0.2, 0.25) is 0 Å². The smallest absolute Gasteiger partial charge is 0.159 e. The zero-order valence-corrected chi connectivity index (χ0v) is 32.5. The molecule has 1 aliphatic heterocycles. The van der Waals surface area contributed by atoms with Crippen molar-refractivity contribution in [3.63, 3.8) is 0 Å². The van der Waals surface area contributed by atoms with Crippen LogP contribution < -0.4 is 5.32 Å². The van der Waals surface area contributed by atoms with Gasteiger partial charge in [0.25, 0.3) is 0 Å². The van der Waals surface area contributed by atoms with Gasteiger partial charge in [-0.15, -0.1) is 0 Å². The first-order valence-electron chi connectivity index (χ1n) is 23.7. The number of furan rings is 1. The lowest BCUT2D eigenvalue weighted by Crippen LogP contribution is -2.33. The molecule has 10 aromatic carbocycles. The summed E-state index contributed by atoms with van der Waals surface area (Å²) in [4.78, 5) is 10.4. The van der Waals surface area contributed by atoms with Crippen molar-refractivity contribution >= 4 is 65.9 Å². The number of rotatable bonds is 6. The summed E-state index contributed by atoms with van der Waals surface area (Å²) < 4.78 is 65.9. The molecule has 0 spiro atoms. The zero-order valence-electron chi connectivity index (χ0n) is 39.5. The Labute approximate surface area is 362 Å². The summed E-state index contributed by atoms with van der Waals surface area (Å²) in [5.74, 6) is 1.32. The van der Waals surface area contributed by atoms with E-state index in [9.17, 15) is 0 Å². The van der Waals surface area contributed by atoms with E-state index in [0.29, 0.717) is 11.4 Å². The van der Waals surface area contributed by atoms with Gasteiger partial charge in [-0.2, -0.15) is 0 Å². The molecule has 11 aromatic rings. The number of nitrogens with one attached hydrogen (secondary N) is 1. The molecule has 1 N–H and O–H groups in total.